The first kappa shape index (κ1) is 17.9. The Balaban J connectivity index is 1.19. The quantitative estimate of drug-likeness (QED) is 0.790. The fraction of sp³-hybridized carbons (Fsp3) is 0.480. The minimum absolute atomic E-state index is 0.121. The first-order valence-electron chi connectivity index (χ1n) is 10.9. The zero-order valence-electron chi connectivity index (χ0n) is 16.5. The number of hydrogen-bond acceptors (Lipinski definition) is 2. The predicted molar refractivity (Wildman–Crippen MR) is 112 cm³/mol. The van der Waals surface area contributed by atoms with Gasteiger partial charge >= 0.3 is 0 Å². The number of carbonyl (C=O) groups is 1. The smallest absolute Gasteiger partial charge is 0.240 e. The molecule has 2 aromatic rings. The molecule has 146 valence electrons. The Hall–Kier alpha value is -2.13. The van der Waals surface area contributed by atoms with E-state index in [1.165, 1.54) is 17.5 Å². The molecule has 0 spiro atoms. The van der Waals surface area contributed by atoms with Gasteiger partial charge in [-0.25, -0.2) is 0 Å². The third-order valence-electron chi connectivity index (χ3n) is 7.02. The molecule has 0 aromatic heterocycles. The van der Waals surface area contributed by atoms with Crippen LogP contribution in [-0.4, -0.2) is 41.4 Å². The highest BCUT2D eigenvalue weighted by Crippen LogP contribution is 2.50. The van der Waals surface area contributed by atoms with Gasteiger partial charge in [-0.05, 0) is 54.6 Å². The van der Waals surface area contributed by atoms with E-state index < -0.39 is 0 Å². The fourth-order valence-electron chi connectivity index (χ4n) is 5.37. The Bertz CT molecular complexity index is 798. The van der Waals surface area contributed by atoms with E-state index in [1.54, 1.807) is 0 Å². The third-order valence-corrected chi connectivity index (χ3v) is 7.02. The van der Waals surface area contributed by atoms with Crippen LogP contribution in [0.15, 0.2) is 60.7 Å². The number of amides is 1. The molecule has 3 fully saturated rings. The summed E-state index contributed by atoms with van der Waals surface area (Å²) in [6, 6.07) is 21.5. The molecule has 5 rings (SSSR count). The van der Waals surface area contributed by atoms with Crippen molar-refractivity contribution in [2.75, 3.05) is 19.6 Å². The second-order valence-electron chi connectivity index (χ2n) is 8.98. The lowest BCUT2D eigenvalue weighted by Gasteiger charge is -2.36. The van der Waals surface area contributed by atoms with E-state index in [0.717, 1.165) is 51.4 Å². The van der Waals surface area contributed by atoms with Crippen molar-refractivity contribution in [3.8, 4) is 0 Å². The van der Waals surface area contributed by atoms with Gasteiger partial charge < -0.3 is 4.90 Å². The molecule has 1 amide bonds. The molecule has 0 radical (unpaired) electrons. The maximum atomic E-state index is 13.4. The molecule has 3 heteroatoms. The van der Waals surface area contributed by atoms with Gasteiger partial charge in [-0.1, -0.05) is 60.7 Å². The topological polar surface area (TPSA) is 23.6 Å². The monoisotopic (exact) mass is 374 g/mol. The van der Waals surface area contributed by atoms with Crippen LogP contribution in [0, 0.1) is 17.8 Å². The molecule has 3 nitrogen and oxygen atoms in total. The Labute approximate surface area is 168 Å². The van der Waals surface area contributed by atoms with Crippen LogP contribution < -0.4 is 0 Å². The third kappa shape index (κ3) is 3.73. The number of fused-ring (bicyclic) bond motifs is 1. The van der Waals surface area contributed by atoms with Gasteiger partial charge in [0, 0.05) is 26.2 Å². The van der Waals surface area contributed by atoms with Crippen LogP contribution in [0.1, 0.15) is 30.4 Å². The summed E-state index contributed by atoms with van der Waals surface area (Å²) in [5.74, 6) is 2.48. The average molecular weight is 375 g/mol. The summed E-state index contributed by atoms with van der Waals surface area (Å²) in [4.78, 5) is 18.0. The predicted octanol–water partition coefficient (Wildman–Crippen LogP) is 3.99. The van der Waals surface area contributed by atoms with Crippen molar-refractivity contribution < 1.29 is 4.79 Å². The van der Waals surface area contributed by atoms with Gasteiger partial charge in [0.1, 0.15) is 0 Å². The summed E-state index contributed by atoms with van der Waals surface area (Å²) in [6.45, 7) is 3.88. The first-order valence-corrected chi connectivity index (χ1v) is 10.9. The van der Waals surface area contributed by atoms with Crippen LogP contribution in [0.5, 0.6) is 0 Å². The molecule has 0 N–H and O–H groups in total. The number of hydrogen-bond donors (Lipinski definition) is 0. The largest absolute Gasteiger partial charge is 0.341 e. The lowest BCUT2D eigenvalue weighted by atomic mass is 9.90. The summed E-state index contributed by atoms with van der Waals surface area (Å²) in [5.41, 5.74) is 2.75. The van der Waals surface area contributed by atoms with Crippen LogP contribution >= 0.6 is 0 Å². The molecule has 3 atom stereocenters. The second kappa shape index (κ2) is 7.71. The molecule has 2 aliphatic heterocycles. The minimum Gasteiger partial charge on any atom is -0.341 e. The molecular formula is C25H30N2O. The summed E-state index contributed by atoms with van der Waals surface area (Å²) in [6.07, 6.45) is 4.68. The fourth-order valence-corrected chi connectivity index (χ4v) is 5.37. The summed E-state index contributed by atoms with van der Waals surface area (Å²) in [7, 11) is 0. The number of rotatable bonds is 5. The van der Waals surface area contributed by atoms with Gasteiger partial charge in [-0.3, -0.25) is 9.69 Å². The Morgan fingerprint density at radius 2 is 1.54 bits per heavy atom. The van der Waals surface area contributed by atoms with E-state index in [-0.39, 0.29) is 6.04 Å². The Morgan fingerprint density at radius 1 is 0.893 bits per heavy atom. The van der Waals surface area contributed by atoms with Gasteiger partial charge in [-0.15, -0.1) is 0 Å². The SMILES string of the molecule is O=C(C1[C@H]2C[C@@H]2CN1Cc1ccccc1)N1CCC(Cc2ccccc2)CC1. The van der Waals surface area contributed by atoms with Crippen LogP contribution in [-0.2, 0) is 17.8 Å². The van der Waals surface area contributed by atoms with E-state index in [2.05, 4.69) is 70.5 Å². The molecule has 2 heterocycles. The normalized spacial score (nSPS) is 27.6. The van der Waals surface area contributed by atoms with Crippen molar-refractivity contribution in [3.05, 3.63) is 71.8 Å². The van der Waals surface area contributed by atoms with Gasteiger partial charge in [0.15, 0.2) is 0 Å². The lowest BCUT2D eigenvalue weighted by molar-refractivity contribution is -0.138. The molecular weight excluding hydrogens is 344 g/mol. The van der Waals surface area contributed by atoms with Crippen molar-refractivity contribution in [2.24, 2.45) is 17.8 Å². The van der Waals surface area contributed by atoms with Crippen molar-refractivity contribution in [1.82, 2.24) is 9.80 Å². The van der Waals surface area contributed by atoms with Gasteiger partial charge in [0.2, 0.25) is 5.91 Å². The van der Waals surface area contributed by atoms with Crippen molar-refractivity contribution in [2.45, 2.75) is 38.3 Å². The van der Waals surface area contributed by atoms with Crippen molar-refractivity contribution in [3.63, 3.8) is 0 Å². The number of likely N-dealkylation sites (tertiary alicyclic amines) is 2. The number of carbonyl (C=O) groups excluding carboxylic acids is 1. The van der Waals surface area contributed by atoms with Crippen molar-refractivity contribution >= 4 is 5.91 Å². The van der Waals surface area contributed by atoms with E-state index in [4.69, 9.17) is 0 Å². The molecule has 1 saturated carbocycles. The number of nitrogens with zero attached hydrogens (tertiary/aromatic N) is 2. The Kier molecular flexibility index (Phi) is 4.94. The molecule has 2 aromatic carbocycles. The van der Waals surface area contributed by atoms with Crippen LogP contribution in [0.2, 0.25) is 0 Å². The van der Waals surface area contributed by atoms with E-state index in [1.807, 2.05) is 0 Å². The molecule has 2 saturated heterocycles. The zero-order chi connectivity index (χ0) is 18.9. The maximum Gasteiger partial charge on any atom is 0.240 e. The van der Waals surface area contributed by atoms with E-state index in [0.29, 0.717) is 17.7 Å². The summed E-state index contributed by atoms with van der Waals surface area (Å²) >= 11 is 0. The summed E-state index contributed by atoms with van der Waals surface area (Å²) < 4.78 is 0. The lowest BCUT2D eigenvalue weighted by Crippen LogP contribution is -2.50. The molecule has 0 bridgehead atoms. The van der Waals surface area contributed by atoms with Crippen LogP contribution in [0.25, 0.3) is 0 Å². The molecule has 1 aliphatic carbocycles. The second-order valence-corrected chi connectivity index (χ2v) is 8.98. The summed E-state index contributed by atoms with van der Waals surface area (Å²) in [5, 5.41) is 0. The van der Waals surface area contributed by atoms with Crippen molar-refractivity contribution in [1.29, 1.82) is 0 Å². The van der Waals surface area contributed by atoms with Crippen LogP contribution in [0.3, 0.4) is 0 Å². The van der Waals surface area contributed by atoms with E-state index in [9.17, 15) is 4.79 Å². The highest BCUT2D eigenvalue weighted by molar-refractivity contribution is 5.83. The number of benzene rings is 2. The van der Waals surface area contributed by atoms with Gasteiger partial charge in [0.25, 0.3) is 0 Å². The van der Waals surface area contributed by atoms with Gasteiger partial charge in [0.05, 0.1) is 6.04 Å². The average Bonchev–Trinajstić information content (AvgIpc) is 3.40. The highest BCUT2D eigenvalue weighted by Gasteiger charge is 2.56. The first-order chi connectivity index (χ1) is 13.8. The number of piperidine rings is 2. The minimum atomic E-state index is 0.121. The van der Waals surface area contributed by atoms with E-state index >= 15 is 0 Å². The highest BCUT2D eigenvalue weighted by atomic mass is 16.2. The standard InChI is InChI=1S/C25H30N2O/c28-25(26-13-11-20(12-14-26)15-19-7-3-1-4-8-19)24-23-16-22(23)18-27(24)17-21-9-5-2-6-10-21/h1-10,20,22-24H,11-18H2/t22-,23+,24?/m1/s1. The zero-order valence-corrected chi connectivity index (χ0v) is 16.5. The van der Waals surface area contributed by atoms with Gasteiger partial charge in [-0.2, -0.15) is 0 Å². The molecule has 28 heavy (non-hydrogen) atoms. The Morgan fingerprint density at radius 3 is 2.21 bits per heavy atom. The molecule has 3 aliphatic rings. The van der Waals surface area contributed by atoms with Crippen LogP contribution in [0.4, 0.5) is 0 Å². The maximum absolute atomic E-state index is 13.4. The molecule has 1 unspecified atom stereocenters.